The number of rotatable bonds is 5. The molecule has 2 heterocycles. The molecule has 0 atom stereocenters. The Morgan fingerprint density at radius 3 is 2.54 bits per heavy atom. The summed E-state index contributed by atoms with van der Waals surface area (Å²) in [6.45, 7) is 5.57. The van der Waals surface area contributed by atoms with E-state index in [-0.39, 0.29) is 0 Å². The number of amides is 1. The summed E-state index contributed by atoms with van der Waals surface area (Å²) in [5.41, 5.74) is 1.14. The SMILES string of the molecule is Cc1nc(NCc2ccc(Cl)cc2)cc(N2CCN(C=O)CC2)n1. The Kier molecular flexibility index (Phi) is 5.15. The number of piperazine rings is 1. The highest BCUT2D eigenvalue weighted by Crippen LogP contribution is 2.18. The van der Waals surface area contributed by atoms with Crippen LogP contribution in [0.25, 0.3) is 0 Å². The number of carbonyl (C=O) groups excluding carboxylic acids is 1. The van der Waals surface area contributed by atoms with Crippen LogP contribution in [0.15, 0.2) is 30.3 Å². The lowest BCUT2D eigenvalue weighted by molar-refractivity contribution is -0.118. The molecule has 126 valence electrons. The van der Waals surface area contributed by atoms with E-state index in [0.29, 0.717) is 6.54 Å². The first-order valence-corrected chi connectivity index (χ1v) is 8.30. The summed E-state index contributed by atoms with van der Waals surface area (Å²) >= 11 is 5.91. The van der Waals surface area contributed by atoms with Gasteiger partial charge in [-0.3, -0.25) is 4.79 Å². The van der Waals surface area contributed by atoms with Crippen LogP contribution in [0.3, 0.4) is 0 Å². The highest BCUT2D eigenvalue weighted by molar-refractivity contribution is 6.30. The minimum absolute atomic E-state index is 0.673. The van der Waals surface area contributed by atoms with Gasteiger partial charge in [0.1, 0.15) is 17.5 Å². The zero-order chi connectivity index (χ0) is 16.9. The Morgan fingerprint density at radius 1 is 1.17 bits per heavy atom. The van der Waals surface area contributed by atoms with Crippen LogP contribution in [0.1, 0.15) is 11.4 Å². The Hall–Kier alpha value is -2.34. The van der Waals surface area contributed by atoms with E-state index in [1.807, 2.05) is 37.3 Å². The van der Waals surface area contributed by atoms with E-state index < -0.39 is 0 Å². The summed E-state index contributed by atoms with van der Waals surface area (Å²) in [6.07, 6.45) is 0.904. The number of nitrogens with one attached hydrogen (secondary N) is 1. The zero-order valence-electron chi connectivity index (χ0n) is 13.6. The van der Waals surface area contributed by atoms with Crippen LogP contribution in [0, 0.1) is 6.92 Å². The van der Waals surface area contributed by atoms with Crippen molar-refractivity contribution in [3.8, 4) is 0 Å². The van der Waals surface area contributed by atoms with Crippen LogP contribution in [0.2, 0.25) is 5.02 Å². The molecular weight excluding hydrogens is 326 g/mol. The van der Waals surface area contributed by atoms with E-state index in [1.165, 1.54) is 0 Å². The van der Waals surface area contributed by atoms with E-state index in [2.05, 4.69) is 20.2 Å². The van der Waals surface area contributed by atoms with E-state index in [4.69, 9.17) is 11.6 Å². The van der Waals surface area contributed by atoms with Crippen LogP contribution < -0.4 is 10.2 Å². The zero-order valence-corrected chi connectivity index (χ0v) is 14.3. The number of nitrogens with zero attached hydrogens (tertiary/aromatic N) is 4. The molecule has 2 aromatic rings. The van der Waals surface area contributed by atoms with Gasteiger partial charge < -0.3 is 15.1 Å². The average molecular weight is 346 g/mol. The highest BCUT2D eigenvalue weighted by atomic mass is 35.5. The summed E-state index contributed by atoms with van der Waals surface area (Å²) in [6, 6.07) is 9.69. The second kappa shape index (κ2) is 7.49. The molecular formula is C17H20ClN5O. The van der Waals surface area contributed by atoms with Crippen molar-refractivity contribution in [3.05, 3.63) is 46.7 Å². The first kappa shape index (κ1) is 16.5. The third-order valence-electron chi connectivity index (χ3n) is 4.00. The van der Waals surface area contributed by atoms with Gasteiger partial charge in [0.2, 0.25) is 6.41 Å². The molecule has 0 aliphatic carbocycles. The third-order valence-corrected chi connectivity index (χ3v) is 4.25. The monoisotopic (exact) mass is 345 g/mol. The van der Waals surface area contributed by atoms with Crippen molar-refractivity contribution in [1.29, 1.82) is 0 Å². The number of aromatic nitrogens is 2. The number of benzene rings is 1. The summed E-state index contributed by atoms with van der Waals surface area (Å²) in [5.74, 6) is 2.42. The lowest BCUT2D eigenvalue weighted by Gasteiger charge is -2.33. The molecule has 1 N–H and O–H groups in total. The lowest BCUT2D eigenvalue weighted by atomic mass is 10.2. The summed E-state index contributed by atoms with van der Waals surface area (Å²) in [7, 11) is 0. The van der Waals surface area contributed by atoms with E-state index in [1.54, 1.807) is 4.90 Å². The fourth-order valence-corrected chi connectivity index (χ4v) is 2.78. The van der Waals surface area contributed by atoms with Crippen molar-refractivity contribution in [2.75, 3.05) is 36.4 Å². The molecule has 1 aliphatic rings. The van der Waals surface area contributed by atoms with E-state index in [9.17, 15) is 4.79 Å². The molecule has 6 nitrogen and oxygen atoms in total. The van der Waals surface area contributed by atoms with E-state index in [0.717, 1.165) is 60.6 Å². The first-order chi connectivity index (χ1) is 11.6. The van der Waals surface area contributed by atoms with Gasteiger partial charge in [-0.2, -0.15) is 0 Å². The van der Waals surface area contributed by atoms with Crippen molar-refractivity contribution in [1.82, 2.24) is 14.9 Å². The molecule has 0 unspecified atom stereocenters. The van der Waals surface area contributed by atoms with E-state index >= 15 is 0 Å². The smallest absolute Gasteiger partial charge is 0.209 e. The maximum atomic E-state index is 10.8. The molecule has 24 heavy (non-hydrogen) atoms. The number of anilines is 2. The van der Waals surface area contributed by atoms with Gasteiger partial charge >= 0.3 is 0 Å². The molecule has 1 amide bonds. The molecule has 1 aromatic heterocycles. The van der Waals surface area contributed by atoms with Crippen molar-refractivity contribution in [2.24, 2.45) is 0 Å². The molecule has 0 saturated carbocycles. The van der Waals surface area contributed by atoms with Crippen molar-refractivity contribution in [2.45, 2.75) is 13.5 Å². The number of carbonyl (C=O) groups is 1. The average Bonchev–Trinajstić information content (AvgIpc) is 2.61. The molecule has 0 spiro atoms. The topological polar surface area (TPSA) is 61.4 Å². The number of aryl methyl sites for hydroxylation is 1. The van der Waals surface area contributed by atoms with Gasteiger partial charge in [0.05, 0.1) is 0 Å². The highest BCUT2D eigenvalue weighted by Gasteiger charge is 2.17. The quantitative estimate of drug-likeness (QED) is 0.843. The standard InChI is InChI=1S/C17H20ClN5O/c1-13-20-16(19-11-14-2-4-15(18)5-3-14)10-17(21-13)23-8-6-22(12-24)7-9-23/h2-5,10,12H,6-9,11H2,1H3,(H,19,20,21). The van der Waals surface area contributed by atoms with Crippen molar-refractivity contribution >= 4 is 29.6 Å². The van der Waals surface area contributed by atoms with Crippen LogP contribution in [0.4, 0.5) is 11.6 Å². The van der Waals surface area contributed by atoms with Crippen molar-refractivity contribution in [3.63, 3.8) is 0 Å². The van der Waals surface area contributed by atoms with Gasteiger partial charge in [-0.05, 0) is 24.6 Å². The molecule has 3 rings (SSSR count). The summed E-state index contributed by atoms with van der Waals surface area (Å²) < 4.78 is 0. The number of hydrogen-bond donors (Lipinski definition) is 1. The largest absolute Gasteiger partial charge is 0.366 e. The molecule has 1 aliphatic heterocycles. The molecule has 7 heteroatoms. The molecule has 1 saturated heterocycles. The van der Waals surface area contributed by atoms with Crippen LogP contribution >= 0.6 is 11.6 Å². The molecule has 1 aromatic carbocycles. The maximum Gasteiger partial charge on any atom is 0.209 e. The fraction of sp³-hybridized carbons (Fsp3) is 0.353. The van der Waals surface area contributed by atoms with Gasteiger partial charge in [-0.25, -0.2) is 9.97 Å². The van der Waals surface area contributed by atoms with Gasteiger partial charge in [-0.1, -0.05) is 23.7 Å². The number of hydrogen-bond acceptors (Lipinski definition) is 5. The second-order valence-corrected chi connectivity index (χ2v) is 6.20. The summed E-state index contributed by atoms with van der Waals surface area (Å²) in [4.78, 5) is 23.8. The molecule has 0 radical (unpaired) electrons. The van der Waals surface area contributed by atoms with Crippen molar-refractivity contribution < 1.29 is 4.79 Å². The fourth-order valence-electron chi connectivity index (χ4n) is 2.66. The maximum absolute atomic E-state index is 10.8. The third kappa shape index (κ3) is 4.14. The molecule has 1 fully saturated rings. The molecule has 0 bridgehead atoms. The number of halogens is 1. The normalized spacial score (nSPS) is 14.6. The predicted molar refractivity (Wildman–Crippen MR) is 95.4 cm³/mol. The minimum atomic E-state index is 0.673. The van der Waals surface area contributed by atoms with Crippen LogP contribution in [-0.4, -0.2) is 47.5 Å². The van der Waals surface area contributed by atoms with Crippen LogP contribution in [0.5, 0.6) is 0 Å². The Balaban J connectivity index is 1.67. The van der Waals surface area contributed by atoms with Crippen LogP contribution in [-0.2, 0) is 11.3 Å². The van der Waals surface area contributed by atoms with Gasteiger partial charge in [0.15, 0.2) is 0 Å². The predicted octanol–water partition coefficient (Wildman–Crippen LogP) is 2.33. The second-order valence-electron chi connectivity index (χ2n) is 5.77. The Morgan fingerprint density at radius 2 is 1.88 bits per heavy atom. The summed E-state index contributed by atoms with van der Waals surface area (Å²) in [5, 5.41) is 4.06. The Bertz CT molecular complexity index is 699. The van der Waals surface area contributed by atoms with Gasteiger partial charge in [0, 0.05) is 43.8 Å². The van der Waals surface area contributed by atoms with Gasteiger partial charge in [0.25, 0.3) is 0 Å². The first-order valence-electron chi connectivity index (χ1n) is 7.92. The Labute approximate surface area is 146 Å². The van der Waals surface area contributed by atoms with Gasteiger partial charge in [-0.15, -0.1) is 0 Å². The minimum Gasteiger partial charge on any atom is -0.366 e. The lowest BCUT2D eigenvalue weighted by Crippen LogP contribution is -2.46.